The third kappa shape index (κ3) is 0.968. The summed E-state index contributed by atoms with van der Waals surface area (Å²) in [5, 5.41) is 0. The summed E-state index contributed by atoms with van der Waals surface area (Å²) in [5.41, 5.74) is 0. The molecule has 0 saturated carbocycles. The highest BCUT2D eigenvalue weighted by Crippen LogP contribution is 2.26. The highest BCUT2D eigenvalue weighted by atomic mass is 32.2. The van der Waals surface area contributed by atoms with Crippen molar-refractivity contribution in [2.45, 2.75) is 0 Å². The lowest BCUT2D eigenvalue weighted by Gasteiger charge is -1.58. The van der Waals surface area contributed by atoms with Crippen LogP contribution in [0.3, 0.4) is 0 Å². The van der Waals surface area contributed by atoms with Gasteiger partial charge in [-0.3, -0.25) is 9.59 Å². The van der Waals surface area contributed by atoms with E-state index in [-0.39, 0.29) is 8.11 Å². The van der Waals surface area contributed by atoms with Crippen molar-refractivity contribution >= 4 is 53.4 Å². The van der Waals surface area contributed by atoms with Gasteiger partial charge in [0.25, 0.3) is 8.11 Å². The van der Waals surface area contributed by atoms with Crippen molar-refractivity contribution in [3.05, 3.63) is 17.7 Å². The zero-order valence-corrected chi connectivity index (χ0v) is 7.72. The van der Waals surface area contributed by atoms with E-state index in [9.17, 15) is 9.59 Å². The van der Waals surface area contributed by atoms with Crippen molar-refractivity contribution in [3.8, 4) is 0 Å². The minimum atomic E-state index is 0.0810. The molecular formula is C4O2S4. The van der Waals surface area contributed by atoms with Gasteiger partial charge in [0.15, 0.2) is 0 Å². The summed E-state index contributed by atoms with van der Waals surface area (Å²) in [4.78, 5) is 21.4. The van der Waals surface area contributed by atoms with E-state index in [1.54, 1.807) is 0 Å². The minimum absolute atomic E-state index is 0.0810. The molecule has 0 aliphatic heterocycles. The molecule has 0 amide bonds. The van der Waals surface area contributed by atoms with Gasteiger partial charge >= 0.3 is 0 Å². The first-order valence-electron chi connectivity index (χ1n) is 2.29. The van der Waals surface area contributed by atoms with E-state index in [2.05, 4.69) is 0 Å². The Hall–Kier alpha value is -0.0400. The Morgan fingerprint density at radius 3 is 1.30 bits per heavy atom. The molecule has 10 heavy (non-hydrogen) atoms. The molecule has 0 saturated heterocycles. The fraction of sp³-hybridized carbons (Fsp3) is 0. The Bertz CT molecular complexity index is 378. The molecule has 0 atom stereocenters. The fourth-order valence-corrected chi connectivity index (χ4v) is 5.70. The van der Waals surface area contributed by atoms with Crippen LogP contribution in [0.4, 0.5) is 0 Å². The molecule has 0 radical (unpaired) electrons. The monoisotopic (exact) mass is 208 g/mol. The third-order valence-corrected chi connectivity index (χ3v) is 5.61. The largest absolute Gasteiger partial charge is 0.290 e. The fourth-order valence-electron chi connectivity index (χ4n) is 0.553. The van der Waals surface area contributed by atoms with Crippen LogP contribution in [-0.4, -0.2) is 0 Å². The molecule has 0 fully saturated rings. The summed E-state index contributed by atoms with van der Waals surface area (Å²) in [7, 11) is 0. The van der Waals surface area contributed by atoms with Gasteiger partial charge in [-0.2, -0.15) is 0 Å². The van der Waals surface area contributed by atoms with Gasteiger partial charge < -0.3 is 0 Å². The van der Waals surface area contributed by atoms with E-state index < -0.39 is 0 Å². The molecule has 2 nitrogen and oxygen atoms in total. The minimum Gasteiger partial charge on any atom is -0.265 e. The van der Waals surface area contributed by atoms with Crippen LogP contribution in [0.1, 0.15) is 0 Å². The number of rotatable bonds is 0. The molecular weight excluding hydrogens is 208 g/mol. The van der Waals surface area contributed by atoms with Crippen molar-refractivity contribution in [1.82, 2.24) is 0 Å². The molecule has 0 aliphatic carbocycles. The Morgan fingerprint density at radius 1 is 0.700 bits per heavy atom. The molecule has 0 aromatic carbocycles. The molecule has 52 valence electrons. The standard InChI is InChI=1S/C4O2S4/c5-3-7-1-2(9-3)10-4(6)8-1. The van der Waals surface area contributed by atoms with E-state index in [1.165, 1.54) is 0 Å². The molecule has 2 aromatic heterocycles. The van der Waals surface area contributed by atoms with E-state index in [4.69, 9.17) is 0 Å². The lowest BCUT2D eigenvalue weighted by atomic mass is 11.1. The summed E-state index contributed by atoms with van der Waals surface area (Å²) < 4.78 is 1.92. The van der Waals surface area contributed by atoms with E-state index in [0.29, 0.717) is 0 Å². The molecule has 0 aliphatic rings. The predicted molar refractivity (Wildman–Crippen MR) is 48.0 cm³/mol. The molecule has 6 heteroatoms. The summed E-state index contributed by atoms with van der Waals surface area (Å²) in [6.07, 6.45) is 0. The number of hydrogen-bond donors (Lipinski definition) is 0. The highest BCUT2D eigenvalue weighted by Gasteiger charge is 2.03. The topological polar surface area (TPSA) is 34.1 Å². The smallest absolute Gasteiger partial charge is 0.265 e. The Morgan fingerprint density at radius 2 is 1.00 bits per heavy atom. The summed E-state index contributed by atoms with van der Waals surface area (Å²) in [6.45, 7) is 0. The van der Waals surface area contributed by atoms with Gasteiger partial charge in [0.1, 0.15) is 8.03 Å². The van der Waals surface area contributed by atoms with Crippen molar-refractivity contribution in [3.63, 3.8) is 0 Å². The summed E-state index contributed by atoms with van der Waals surface area (Å²) in [5.74, 6) is 0. The quantitative estimate of drug-likeness (QED) is 0.661. The Balaban J connectivity index is 3.09. The molecule has 0 unspecified atom stereocenters. The van der Waals surface area contributed by atoms with Crippen LogP contribution in [0, 0.1) is 0 Å². The lowest BCUT2D eigenvalue weighted by molar-refractivity contribution is 2.24. The average Bonchev–Trinajstić information content (AvgIpc) is 2.21. The number of hydrogen-bond acceptors (Lipinski definition) is 6. The molecule has 2 heterocycles. The van der Waals surface area contributed by atoms with Crippen LogP contribution in [0.2, 0.25) is 0 Å². The van der Waals surface area contributed by atoms with E-state index in [1.807, 2.05) is 0 Å². The van der Waals surface area contributed by atoms with Crippen molar-refractivity contribution in [2.24, 2.45) is 0 Å². The first-order valence-corrected chi connectivity index (χ1v) is 5.56. The maximum Gasteiger partial charge on any atom is 0.290 e. The van der Waals surface area contributed by atoms with Gasteiger partial charge in [0.05, 0.1) is 0 Å². The van der Waals surface area contributed by atoms with Crippen LogP contribution < -0.4 is 8.11 Å². The Labute approximate surface area is 71.0 Å². The second-order valence-corrected chi connectivity index (χ2v) is 6.45. The zero-order valence-electron chi connectivity index (χ0n) is 4.45. The van der Waals surface area contributed by atoms with Crippen molar-refractivity contribution in [1.29, 1.82) is 0 Å². The summed E-state index contributed by atoms with van der Waals surface area (Å²) >= 11 is 4.66. The first kappa shape index (κ1) is 6.66. The normalized spacial score (nSPS) is 10.8. The maximum absolute atomic E-state index is 10.7. The zero-order chi connectivity index (χ0) is 7.14. The molecule has 2 rings (SSSR count). The second kappa shape index (κ2) is 2.23. The van der Waals surface area contributed by atoms with Crippen LogP contribution in [0.5, 0.6) is 0 Å². The van der Waals surface area contributed by atoms with Crippen LogP contribution >= 0.6 is 45.3 Å². The van der Waals surface area contributed by atoms with E-state index >= 15 is 0 Å². The predicted octanol–water partition coefficient (Wildman–Crippen LogP) is 1.81. The van der Waals surface area contributed by atoms with Gasteiger partial charge in [0.2, 0.25) is 0 Å². The van der Waals surface area contributed by atoms with Crippen molar-refractivity contribution in [2.75, 3.05) is 0 Å². The molecule has 0 bridgehead atoms. The van der Waals surface area contributed by atoms with Gasteiger partial charge in [-0.05, 0) is 0 Å². The first-order chi connectivity index (χ1) is 4.75. The molecule has 2 aromatic rings. The van der Waals surface area contributed by atoms with E-state index in [0.717, 1.165) is 53.4 Å². The van der Waals surface area contributed by atoms with Gasteiger partial charge in [-0.1, -0.05) is 45.3 Å². The van der Waals surface area contributed by atoms with Crippen LogP contribution in [0.25, 0.3) is 8.03 Å². The van der Waals surface area contributed by atoms with Crippen molar-refractivity contribution < 1.29 is 0 Å². The van der Waals surface area contributed by atoms with Crippen LogP contribution in [0.15, 0.2) is 9.59 Å². The van der Waals surface area contributed by atoms with Gasteiger partial charge in [-0.15, -0.1) is 0 Å². The highest BCUT2D eigenvalue weighted by molar-refractivity contribution is 7.56. The Kier molecular flexibility index (Phi) is 1.48. The van der Waals surface area contributed by atoms with Crippen LogP contribution in [-0.2, 0) is 0 Å². The maximum atomic E-state index is 10.7. The second-order valence-electron chi connectivity index (χ2n) is 1.48. The lowest BCUT2D eigenvalue weighted by Crippen LogP contribution is -1.77. The van der Waals surface area contributed by atoms with Gasteiger partial charge in [0, 0.05) is 0 Å². The van der Waals surface area contributed by atoms with Gasteiger partial charge in [-0.25, -0.2) is 0 Å². The average molecular weight is 208 g/mol. The molecule has 0 N–H and O–H groups in total. The third-order valence-electron chi connectivity index (χ3n) is 0.871. The summed E-state index contributed by atoms with van der Waals surface area (Å²) in [6, 6.07) is 0. The SMILES string of the molecule is O=c1sc2sc(=O)sc2s1. The molecule has 0 spiro atoms. The number of fused-ring (bicyclic) bond motifs is 1.